The molecule has 0 saturated heterocycles. The monoisotopic (exact) mass is 245 g/mol. The molecule has 1 unspecified atom stereocenters. The van der Waals surface area contributed by atoms with E-state index >= 15 is 0 Å². The molecule has 6 nitrogen and oxygen atoms in total. The predicted octanol–water partition coefficient (Wildman–Crippen LogP) is -0.761. The molecule has 0 saturated carbocycles. The zero-order chi connectivity index (χ0) is 13.3. The second-order valence-corrected chi connectivity index (χ2v) is 4.27. The molecule has 0 aliphatic carbocycles. The number of hydrogen-bond acceptors (Lipinski definition) is 4. The largest absolute Gasteiger partial charge is 0.370 e. The summed E-state index contributed by atoms with van der Waals surface area (Å²) in [5.41, 5.74) is 5.21. The summed E-state index contributed by atoms with van der Waals surface area (Å²) < 4.78 is 4.95. The first-order valence-electron chi connectivity index (χ1n) is 5.82. The minimum absolute atomic E-state index is 0.0704. The van der Waals surface area contributed by atoms with Gasteiger partial charge in [-0.3, -0.25) is 9.59 Å². The fourth-order valence-corrected chi connectivity index (χ4v) is 1.05. The van der Waals surface area contributed by atoms with Gasteiger partial charge in [0.25, 0.3) is 0 Å². The highest BCUT2D eigenvalue weighted by atomic mass is 16.5. The molecular formula is C11H23N3O3. The highest BCUT2D eigenvalue weighted by Gasteiger charge is 2.15. The molecule has 0 spiro atoms. The van der Waals surface area contributed by atoms with Crippen LogP contribution in [0.1, 0.15) is 20.8 Å². The number of rotatable bonds is 8. The van der Waals surface area contributed by atoms with E-state index in [1.54, 1.807) is 6.92 Å². The SMILES string of the molecule is CC(C)CNC(=O)C(C)NC(=O)COCCN. The topological polar surface area (TPSA) is 93.5 Å². The van der Waals surface area contributed by atoms with Crippen LogP contribution in [0.2, 0.25) is 0 Å². The highest BCUT2D eigenvalue weighted by molar-refractivity contribution is 5.87. The van der Waals surface area contributed by atoms with Crippen molar-refractivity contribution in [3.63, 3.8) is 0 Å². The molecule has 0 aromatic rings. The fraction of sp³-hybridized carbons (Fsp3) is 0.818. The molecule has 4 N–H and O–H groups in total. The fourth-order valence-electron chi connectivity index (χ4n) is 1.05. The van der Waals surface area contributed by atoms with Crippen LogP contribution in [0, 0.1) is 5.92 Å². The Kier molecular flexibility index (Phi) is 8.35. The Hall–Kier alpha value is -1.14. The maximum Gasteiger partial charge on any atom is 0.246 e. The van der Waals surface area contributed by atoms with E-state index < -0.39 is 6.04 Å². The van der Waals surface area contributed by atoms with Gasteiger partial charge in [-0.2, -0.15) is 0 Å². The average Bonchev–Trinajstić information content (AvgIpc) is 2.26. The molecule has 17 heavy (non-hydrogen) atoms. The van der Waals surface area contributed by atoms with Crippen LogP contribution in [0.5, 0.6) is 0 Å². The third-order valence-corrected chi connectivity index (χ3v) is 1.95. The van der Waals surface area contributed by atoms with Gasteiger partial charge in [0.05, 0.1) is 6.61 Å². The van der Waals surface area contributed by atoms with Crippen LogP contribution < -0.4 is 16.4 Å². The number of carbonyl (C=O) groups is 2. The van der Waals surface area contributed by atoms with Gasteiger partial charge in [0, 0.05) is 13.1 Å². The zero-order valence-corrected chi connectivity index (χ0v) is 10.8. The Morgan fingerprint density at radius 3 is 2.47 bits per heavy atom. The van der Waals surface area contributed by atoms with Crippen molar-refractivity contribution in [2.45, 2.75) is 26.8 Å². The van der Waals surface area contributed by atoms with Crippen molar-refractivity contribution in [1.29, 1.82) is 0 Å². The van der Waals surface area contributed by atoms with Crippen molar-refractivity contribution >= 4 is 11.8 Å². The van der Waals surface area contributed by atoms with Crippen LogP contribution in [0.3, 0.4) is 0 Å². The third-order valence-electron chi connectivity index (χ3n) is 1.95. The molecule has 0 fully saturated rings. The molecule has 0 aliphatic heterocycles. The van der Waals surface area contributed by atoms with Crippen LogP contribution in [-0.4, -0.2) is 44.2 Å². The lowest BCUT2D eigenvalue weighted by Gasteiger charge is -2.15. The molecule has 0 aromatic carbocycles. The molecular weight excluding hydrogens is 222 g/mol. The number of ether oxygens (including phenoxy) is 1. The van der Waals surface area contributed by atoms with Crippen molar-refractivity contribution in [2.24, 2.45) is 11.7 Å². The standard InChI is InChI=1S/C11H23N3O3/c1-8(2)6-13-11(16)9(3)14-10(15)7-17-5-4-12/h8-9H,4-7,12H2,1-3H3,(H,13,16)(H,14,15). The van der Waals surface area contributed by atoms with Crippen molar-refractivity contribution in [1.82, 2.24) is 10.6 Å². The van der Waals surface area contributed by atoms with E-state index in [1.165, 1.54) is 0 Å². The van der Waals surface area contributed by atoms with Crippen molar-refractivity contribution < 1.29 is 14.3 Å². The van der Waals surface area contributed by atoms with E-state index in [1.807, 2.05) is 13.8 Å². The van der Waals surface area contributed by atoms with Crippen LogP contribution in [0.15, 0.2) is 0 Å². The second-order valence-electron chi connectivity index (χ2n) is 4.27. The number of nitrogens with two attached hydrogens (primary N) is 1. The van der Waals surface area contributed by atoms with Crippen molar-refractivity contribution in [3.8, 4) is 0 Å². The van der Waals surface area contributed by atoms with Crippen LogP contribution in [0.25, 0.3) is 0 Å². The van der Waals surface area contributed by atoms with Gasteiger partial charge in [0.2, 0.25) is 11.8 Å². The summed E-state index contributed by atoms with van der Waals surface area (Å²) in [5, 5.41) is 5.29. The van der Waals surface area contributed by atoms with E-state index in [0.29, 0.717) is 25.6 Å². The highest BCUT2D eigenvalue weighted by Crippen LogP contribution is 1.89. The smallest absolute Gasteiger partial charge is 0.246 e. The van der Waals surface area contributed by atoms with Gasteiger partial charge in [-0.05, 0) is 12.8 Å². The molecule has 0 bridgehead atoms. The molecule has 0 radical (unpaired) electrons. The minimum Gasteiger partial charge on any atom is -0.370 e. The lowest BCUT2D eigenvalue weighted by atomic mass is 10.2. The summed E-state index contributed by atoms with van der Waals surface area (Å²) >= 11 is 0. The summed E-state index contributed by atoms with van der Waals surface area (Å²) in [6.07, 6.45) is 0. The van der Waals surface area contributed by atoms with E-state index in [0.717, 1.165) is 0 Å². The first-order chi connectivity index (χ1) is 7.97. The number of amides is 2. The second kappa shape index (κ2) is 8.95. The van der Waals surface area contributed by atoms with Gasteiger partial charge >= 0.3 is 0 Å². The van der Waals surface area contributed by atoms with Crippen molar-refractivity contribution in [2.75, 3.05) is 26.3 Å². The van der Waals surface area contributed by atoms with E-state index in [4.69, 9.17) is 10.5 Å². The minimum atomic E-state index is -0.553. The Labute approximate surface area is 102 Å². The van der Waals surface area contributed by atoms with Gasteiger partial charge in [-0.1, -0.05) is 13.8 Å². The van der Waals surface area contributed by atoms with Crippen LogP contribution >= 0.6 is 0 Å². The summed E-state index contributed by atoms with van der Waals surface area (Å²) in [7, 11) is 0. The Bertz CT molecular complexity index is 244. The van der Waals surface area contributed by atoms with Crippen LogP contribution in [-0.2, 0) is 14.3 Å². The first-order valence-corrected chi connectivity index (χ1v) is 5.82. The maximum absolute atomic E-state index is 11.5. The molecule has 2 amide bonds. The Morgan fingerprint density at radius 1 is 1.29 bits per heavy atom. The molecule has 1 atom stereocenters. The number of hydrogen-bond donors (Lipinski definition) is 3. The molecule has 0 aliphatic rings. The lowest BCUT2D eigenvalue weighted by molar-refractivity contribution is -0.131. The molecule has 100 valence electrons. The van der Waals surface area contributed by atoms with E-state index in [2.05, 4.69) is 10.6 Å². The zero-order valence-electron chi connectivity index (χ0n) is 10.8. The molecule has 0 heterocycles. The summed E-state index contributed by atoms with van der Waals surface area (Å²) in [5.74, 6) is -0.119. The predicted molar refractivity (Wildman–Crippen MR) is 65.3 cm³/mol. The Balaban J connectivity index is 3.78. The van der Waals surface area contributed by atoms with Gasteiger partial charge in [0.15, 0.2) is 0 Å². The normalized spacial score (nSPS) is 12.3. The summed E-state index contributed by atoms with van der Waals surface area (Å²) in [6, 6.07) is -0.553. The number of nitrogens with one attached hydrogen (secondary N) is 2. The quantitative estimate of drug-likeness (QED) is 0.490. The average molecular weight is 245 g/mol. The maximum atomic E-state index is 11.5. The summed E-state index contributed by atoms with van der Waals surface area (Å²) in [4.78, 5) is 22.8. The Morgan fingerprint density at radius 2 is 1.94 bits per heavy atom. The number of carbonyl (C=O) groups excluding carboxylic acids is 2. The third kappa shape index (κ3) is 8.65. The van der Waals surface area contributed by atoms with Crippen molar-refractivity contribution in [3.05, 3.63) is 0 Å². The van der Waals surface area contributed by atoms with E-state index in [9.17, 15) is 9.59 Å². The van der Waals surface area contributed by atoms with Gasteiger partial charge in [-0.25, -0.2) is 0 Å². The first kappa shape index (κ1) is 15.9. The van der Waals surface area contributed by atoms with Gasteiger partial charge in [-0.15, -0.1) is 0 Å². The molecule has 0 aromatic heterocycles. The van der Waals surface area contributed by atoms with Gasteiger partial charge in [0.1, 0.15) is 12.6 Å². The summed E-state index contributed by atoms with van der Waals surface area (Å²) in [6.45, 7) is 6.88. The van der Waals surface area contributed by atoms with E-state index in [-0.39, 0.29) is 18.4 Å². The lowest BCUT2D eigenvalue weighted by Crippen LogP contribution is -2.46. The molecule has 6 heteroatoms. The van der Waals surface area contributed by atoms with Gasteiger partial charge < -0.3 is 21.1 Å². The van der Waals surface area contributed by atoms with Crippen LogP contribution in [0.4, 0.5) is 0 Å². The molecule has 0 rings (SSSR count).